The summed E-state index contributed by atoms with van der Waals surface area (Å²) in [6.45, 7) is 1.52. The first-order valence-corrected chi connectivity index (χ1v) is 9.29. The second-order valence-electron chi connectivity index (χ2n) is 6.32. The smallest absolute Gasteiger partial charge is 0.417 e. The van der Waals surface area contributed by atoms with Gasteiger partial charge in [-0.3, -0.25) is 10.2 Å². The zero-order chi connectivity index (χ0) is 22.9. The van der Waals surface area contributed by atoms with Crippen LogP contribution < -0.4 is 21.8 Å². The Kier molecular flexibility index (Phi) is 6.09. The summed E-state index contributed by atoms with van der Waals surface area (Å²) in [5.41, 5.74) is 6.93. The van der Waals surface area contributed by atoms with Crippen LogP contribution in [0.25, 0.3) is 11.0 Å². The SMILES string of the molecule is Cc1c(C(=O)Nc2ccc(Cl)c(C(F)(F)F)c2)oc2cc(O)ccc2/c1=N\NC(N)=S. The van der Waals surface area contributed by atoms with E-state index in [4.69, 9.17) is 34.0 Å². The van der Waals surface area contributed by atoms with Crippen LogP contribution in [0.4, 0.5) is 18.9 Å². The van der Waals surface area contributed by atoms with Gasteiger partial charge >= 0.3 is 6.18 Å². The molecule has 0 aliphatic heterocycles. The number of carbonyl (C=O) groups is 1. The van der Waals surface area contributed by atoms with Gasteiger partial charge in [0, 0.05) is 22.7 Å². The molecule has 0 saturated carbocycles. The number of anilines is 1. The number of alkyl halides is 3. The molecule has 2 aromatic carbocycles. The molecule has 7 nitrogen and oxygen atoms in total. The molecule has 0 aliphatic carbocycles. The Morgan fingerprint density at radius 1 is 1.26 bits per heavy atom. The molecule has 0 bridgehead atoms. The highest BCUT2D eigenvalue weighted by Gasteiger charge is 2.33. The molecule has 0 unspecified atom stereocenters. The summed E-state index contributed by atoms with van der Waals surface area (Å²) in [7, 11) is 0. The van der Waals surface area contributed by atoms with Crippen LogP contribution in [-0.2, 0) is 6.18 Å². The summed E-state index contributed by atoms with van der Waals surface area (Å²) in [4.78, 5) is 12.8. The Labute approximate surface area is 183 Å². The van der Waals surface area contributed by atoms with Crippen LogP contribution in [0.1, 0.15) is 21.7 Å². The third-order valence-electron chi connectivity index (χ3n) is 4.14. The van der Waals surface area contributed by atoms with Crippen molar-refractivity contribution in [2.45, 2.75) is 13.1 Å². The molecule has 3 rings (SSSR count). The number of nitrogens with one attached hydrogen (secondary N) is 2. The number of rotatable bonds is 3. The molecule has 0 spiro atoms. The van der Waals surface area contributed by atoms with Crippen molar-refractivity contribution in [2.24, 2.45) is 10.8 Å². The molecule has 12 heteroatoms. The zero-order valence-corrected chi connectivity index (χ0v) is 17.2. The predicted molar refractivity (Wildman–Crippen MR) is 113 cm³/mol. The van der Waals surface area contributed by atoms with E-state index in [2.05, 4.69) is 15.8 Å². The number of amides is 1. The number of nitrogens with zero attached hydrogens (tertiary/aromatic N) is 1. The molecule has 1 amide bonds. The second-order valence-corrected chi connectivity index (χ2v) is 7.17. The van der Waals surface area contributed by atoms with Gasteiger partial charge in [-0.2, -0.15) is 18.3 Å². The number of hydrogen-bond donors (Lipinski definition) is 4. The number of phenolic OH excluding ortho intramolecular Hbond substituents is 1. The minimum Gasteiger partial charge on any atom is -0.508 e. The Bertz CT molecular complexity index is 1270. The van der Waals surface area contributed by atoms with Gasteiger partial charge in [0.1, 0.15) is 16.7 Å². The molecule has 0 radical (unpaired) electrons. The topological polar surface area (TPSA) is 113 Å². The van der Waals surface area contributed by atoms with Gasteiger partial charge in [-0.25, -0.2) is 0 Å². The van der Waals surface area contributed by atoms with Crippen LogP contribution in [0.5, 0.6) is 5.75 Å². The minimum atomic E-state index is -4.70. The molecule has 5 N–H and O–H groups in total. The maximum atomic E-state index is 13.1. The van der Waals surface area contributed by atoms with Gasteiger partial charge in [0.2, 0.25) is 0 Å². The number of hydrogen-bond acceptors (Lipinski definition) is 5. The molecular formula is C19H14ClF3N4O3S. The number of benzene rings is 2. The number of phenols is 1. The fraction of sp³-hybridized carbons (Fsp3) is 0.105. The van der Waals surface area contributed by atoms with Crippen LogP contribution in [-0.4, -0.2) is 16.1 Å². The molecule has 1 aromatic heterocycles. The van der Waals surface area contributed by atoms with Crippen molar-refractivity contribution in [3.63, 3.8) is 0 Å². The number of nitrogens with two attached hydrogens (primary N) is 1. The lowest BCUT2D eigenvalue weighted by Crippen LogP contribution is -2.28. The van der Waals surface area contributed by atoms with Crippen molar-refractivity contribution < 1.29 is 27.5 Å². The van der Waals surface area contributed by atoms with E-state index in [0.29, 0.717) is 11.5 Å². The summed E-state index contributed by atoms with van der Waals surface area (Å²) in [5, 5.41) is 16.2. The molecule has 1 heterocycles. The maximum Gasteiger partial charge on any atom is 0.417 e. The quantitative estimate of drug-likeness (QED) is 0.340. The van der Waals surface area contributed by atoms with Crippen molar-refractivity contribution in [1.82, 2.24) is 5.43 Å². The minimum absolute atomic E-state index is 0.103. The lowest BCUT2D eigenvalue weighted by atomic mass is 10.1. The summed E-state index contributed by atoms with van der Waals surface area (Å²) in [5.74, 6) is -1.22. The number of fused-ring (bicyclic) bond motifs is 1. The van der Waals surface area contributed by atoms with Gasteiger partial charge < -0.3 is 20.6 Å². The van der Waals surface area contributed by atoms with Crippen LogP contribution >= 0.6 is 23.8 Å². The first kappa shape index (κ1) is 22.4. The number of aromatic hydroxyl groups is 1. The molecule has 31 heavy (non-hydrogen) atoms. The fourth-order valence-electron chi connectivity index (χ4n) is 2.77. The highest BCUT2D eigenvalue weighted by molar-refractivity contribution is 7.80. The van der Waals surface area contributed by atoms with Gasteiger partial charge in [0.05, 0.1) is 10.6 Å². The normalized spacial score (nSPS) is 12.1. The Hall–Kier alpha value is -3.31. The van der Waals surface area contributed by atoms with E-state index in [1.807, 2.05) is 0 Å². The van der Waals surface area contributed by atoms with Crippen molar-refractivity contribution in [2.75, 3.05) is 5.32 Å². The summed E-state index contributed by atoms with van der Waals surface area (Å²) < 4.78 is 44.9. The van der Waals surface area contributed by atoms with Gasteiger partial charge in [-0.1, -0.05) is 11.6 Å². The van der Waals surface area contributed by atoms with E-state index in [1.165, 1.54) is 31.2 Å². The molecule has 162 valence electrons. The first-order valence-electron chi connectivity index (χ1n) is 8.51. The Morgan fingerprint density at radius 2 is 1.97 bits per heavy atom. The standard InChI is InChI=1S/C19H14ClF3N4O3S/c1-8-15(26-27-18(24)31)11-4-3-10(28)7-14(11)30-16(8)17(29)25-9-2-5-13(20)12(6-9)19(21,22)23/h2-7,28H,1H3,(H,25,29)(H3,24,27,31)/b26-15-. The van der Waals surface area contributed by atoms with Crippen LogP contribution in [0, 0.1) is 6.92 Å². The van der Waals surface area contributed by atoms with Crippen molar-refractivity contribution in [3.05, 3.63) is 63.7 Å². The van der Waals surface area contributed by atoms with E-state index < -0.39 is 22.7 Å². The van der Waals surface area contributed by atoms with Gasteiger partial charge in [-0.15, -0.1) is 0 Å². The van der Waals surface area contributed by atoms with Crippen molar-refractivity contribution >= 4 is 51.5 Å². The summed E-state index contributed by atoms with van der Waals surface area (Å²) >= 11 is 10.3. The largest absolute Gasteiger partial charge is 0.508 e. The van der Waals surface area contributed by atoms with Gasteiger partial charge in [0.15, 0.2) is 10.9 Å². The van der Waals surface area contributed by atoms with Crippen LogP contribution in [0.3, 0.4) is 0 Å². The Morgan fingerprint density at radius 3 is 2.61 bits per heavy atom. The molecular weight excluding hydrogens is 457 g/mol. The summed E-state index contributed by atoms with van der Waals surface area (Å²) in [6.07, 6.45) is -4.70. The molecule has 0 fully saturated rings. The zero-order valence-electron chi connectivity index (χ0n) is 15.7. The maximum absolute atomic E-state index is 13.1. The highest BCUT2D eigenvalue weighted by atomic mass is 35.5. The van der Waals surface area contributed by atoms with E-state index in [-0.39, 0.29) is 38.8 Å². The monoisotopic (exact) mass is 470 g/mol. The third-order valence-corrected chi connectivity index (χ3v) is 4.56. The van der Waals surface area contributed by atoms with Gasteiger partial charge in [-0.05, 0) is 49.5 Å². The van der Waals surface area contributed by atoms with Crippen molar-refractivity contribution in [3.8, 4) is 5.75 Å². The van der Waals surface area contributed by atoms with E-state index >= 15 is 0 Å². The second kappa shape index (κ2) is 8.44. The third kappa shape index (κ3) is 4.89. The molecule has 3 aromatic rings. The number of halogens is 4. The van der Waals surface area contributed by atoms with Crippen LogP contribution in [0.15, 0.2) is 45.9 Å². The molecule has 0 saturated heterocycles. The lowest BCUT2D eigenvalue weighted by molar-refractivity contribution is -0.137. The van der Waals surface area contributed by atoms with E-state index in [0.717, 1.165) is 6.07 Å². The first-order chi connectivity index (χ1) is 14.5. The van der Waals surface area contributed by atoms with Crippen molar-refractivity contribution in [1.29, 1.82) is 0 Å². The van der Waals surface area contributed by atoms with E-state index in [9.17, 15) is 23.1 Å². The molecule has 0 aliphatic rings. The molecule has 0 atom stereocenters. The van der Waals surface area contributed by atoms with Gasteiger partial charge in [0.25, 0.3) is 5.91 Å². The van der Waals surface area contributed by atoms with E-state index in [1.54, 1.807) is 0 Å². The van der Waals surface area contributed by atoms with Crippen LogP contribution in [0.2, 0.25) is 5.02 Å². The fourth-order valence-corrected chi connectivity index (χ4v) is 3.04. The average Bonchev–Trinajstić information content (AvgIpc) is 2.67. The lowest BCUT2D eigenvalue weighted by Gasteiger charge is -2.13. The highest BCUT2D eigenvalue weighted by Crippen LogP contribution is 2.36. The predicted octanol–water partition coefficient (Wildman–Crippen LogP) is 4.02. The Balaban J connectivity index is 2.10. The summed E-state index contributed by atoms with van der Waals surface area (Å²) in [6, 6.07) is 7.12. The number of carbonyl (C=O) groups excluding carboxylic acids is 1. The average molecular weight is 471 g/mol. The number of thiocarbonyl (C=S) groups is 1.